The summed E-state index contributed by atoms with van der Waals surface area (Å²) in [6, 6.07) is 11.8. The molecule has 9 heteroatoms. The van der Waals surface area contributed by atoms with E-state index in [1.807, 2.05) is 11.8 Å². The van der Waals surface area contributed by atoms with Gasteiger partial charge in [0.05, 0.1) is 9.92 Å². The lowest BCUT2D eigenvalue weighted by Gasteiger charge is -2.18. The first-order valence-corrected chi connectivity index (χ1v) is 9.77. The van der Waals surface area contributed by atoms with Crippen LogP contribution >= 0.6 is 11.6 Å². The minimum Gasteiger partial charge on any atom is -0.206 e. The first-order chi connectivity index (χ1) is 10.6. The third kappa shape index (κ3) is 3.91. The molecule has 0 aliphatic rings. The maximum atomic E-state index is 12.4. The van der Waals surface area contributed by atoms with E-state index in [0.29, 0.717) is 4.41 Å². The van der Waals surface area contributed by atoms with E-state index in [4.69, 9.17) is 11.6 Å². The summed E-state index contributed by atoms with van der Waals surface area (Å²) in [6.07, 6.45) is 0. The van der Waals surface area contributed by atoms with E-state index in [0.717, 1.165) is 12.6 Å². The second kappa shape index (κ2) is 6.58. The summed E-state index contributed by atoms with van der Waals surface area (Å²) in [4.78, 5) is 1.78. The van der Waals surface area contributed by atoms with Crippen molar-refractivity contribution in [3.05, 3.63) is 59.1 Å². The van der Waals surface area contributed by atoms with Gasteiger partial charge in [-0.3, -0.25) is 0 Å². The molecule has 2 aromatic rings. The number of nitrogens with zero attached hydrogens (tertiary/aromatic N) is 1. The fraction of sp³-hybridized carbons (Fsp3) is 0.143. The highest BCUT2D eigenvalue weighted by Crippen LogP contribution is 2.21. The van der Waals surface area contributed by atoms with E-state index in [1.54, 1.807) is 18.2 Å². The SMILES string of the molecule is Cc1ccc(S(=O)(=O)N(C)NS(=O)(=O)c2ccccc2Cl)cc1. The van der Waals surface area contributed by atoms with E-state index in [9.17, 15) is 16.8 Å². The molecule has 0 saturated heterocycles. The minimum atomic E-state index is -4.12. The molecule has 0 radical (unpaired) electrons. The van der Waals surface area contributed by atoms with Crippen LogP contribution in [0.15, 0.2) is 58.3 Å². The Hall–Kier alpha value is -1.45. The van der Waals surface area contributed by atoms with Crippen molar-refractivity contribution in [1.29, 1.82) is 0 Å². The number of hydrogen-bond donors (Lipinski definition) is 1. The van der Waals surface area contributed by atoms with Gasteiger partial charge >= 0.3 is 0 Å². The lowest BCUT2D eigenvalue weighted by molar-refractivity contribution is 0.432. The van der Waals surface area contributed by atoms with Crippen molar-refractivity contribution >= 4 is 31.6 Å². The number of aryl methyl sites for hydroxylation is 1. The molecule has 2 aromatic carbocycles. The standard InChI is InChI=1S/C14H15ClN2O4S2/c1-11-7-9-12(10-8-11)23(20,21)17(2)16-22(18,19)14-6-4-3-5-13(14)15/h3-10,16H,1-2H3. The molecule has 0 atom stereocenters. The Kier molecular flexibility index (Phi) is 5.12. The minimum absolute atomic E-state index is 0.00105. The summed E-state index contributed by atoms with van der Waals surface area (Å²) < 4.78 is 49.9. The molecule has 0 aliphatic carbocycles. The smallest absolute Gasteiger partial charge is 0.206 e. The maximum Gasteiger partial charge on any atom is 0.256 e. The second-order valence-electron chi connectivity index (χ2n) is 4.81. The van der Waals surface area contributed by atoms with E-state index >= 15 is 0 Å². The molecule has 124 valence electrons. The van der Waals surface area contributed by atoms with Gasteiger partial charge in [-0.25, -0.2) is 16.8 Å². The predicted octanol–water partition coefficient (Wildman–Crippen LogP) is 2.16. The van der Waals surface area contributed by atoms with Crippen molar-refractivity contribution in [2.24, 2.45) is 0 Å². The lowest BCUT2D eigenvalue weighted by Crippen LogP contribution is -2.43. The highest BCUT2D eigenvalue weighted by Gasteiger charge is 2.27. The van der Waals surface area contributed by atoms with Crippen LogP contribution in [0.1, 0.15) is 5.56 Å². The van der Waals surface area contributed by atoms with Crippen LogP contribution in [0.3, 0.4) is 0 Å². The molecule has 6 nitrogen and oxygen atoms in total. The number of hydrazine groups is 1. The zero-order chi connectivity index (χ0) is 17.3. The van der Waals surface area contributed by atoms with Crippen molar-refractivity contribution in [2.75, 3.05) is 7.05 Å². The molecule has 2 rings (SSSR count). The highest BCUT2D eigenvalue weighted by atomic mass is 35.5. The molecule has 0 bridgehead atoms. The van der Waals surface area contributed by atoms with Crippen molar-refractivity contribution in [3.8, 4) is 0 Å². The number of sulfonamides is 2. The van der Waals surface area contributed by atoms with Gasteiger partial charge in [0.15, 0.2) is 0 Å². The van der Waals surface area contributed by atoms with Gasteiger partial charge in [0.25, 0.3) is 20.0 Å². The maximum absolute atomic E-state index is 12.4. The van der Waals surface area contributed by atoms with Gasteiger partial charge in [-0.1, -0.05) is 41.4 Å². The summed E-state index contributed by atoms with van der Waals surface area (Å²) in [5, 5.41) is 0.00105. The van der Waals surface area contributed by atoms with Crippen LogP contribution in [0.2, 0.25) is 5.02 Å². The zero-order valence-corrected chi connectivity index (χ0v) is 14.8. The molecule has 0 aliphatic heterocycles. The Bertz CT molecular complexity index is 910. The summed E-state index contributed by atoms with van der Waals surface area (Å²) in [6.45, 7) is 1.82. The van der Waals surface area contributed by atoms with Gasteiger partial charge in [-0.15, -0.1) is 9.25 Å². The molecule has 0 fully saturated rings. The Labute approximate surface area is 140 Å². The van der Waals surface area contributed by atoms with Crippen LogP contribution in [0.4, 0.5) is 0 Å². The number of benzene rings is 2. The topological polar surface area (TPSA) is 83.6 Å². The fourth-order valence-corrected chi connectivity index (χ4v) is 4.74. The molecule has 0 saturated carbocycles. The third-order valence-electron chi connectivity index (χ3n) is 3.05. The number of nitrogens with one attached hydrogen (secondary N) is 1. The molecule has 0 heterocycles. The molecular weight excluding hydrogens is 360 g/mol. The first kappa shape index (κ1) is 17.9. The molecule has 0 spiro atoms. The summed E-state index contributed by atoms with van der Waals surface area (Å²) in [7, 11) is -7.02. The zero-order valence-electron chi connectivity index (χ0n) is 12.4. The molecule has 0 amide bonds. The third-order valence-corrected chi connectivity index (χ3v) is 6.74. The largest absolute Gasteiger partial charge is 0.256 e. The Morgan fingerprint density at radius 2 is 1.52 bits per heavy atom. The number of rotatable bonds is 5. The van der Waals surface area contributed by atoms with Gasteiger partial charge in [0, 0.05) is 7.05 Å². The normalized spacial score (nSPS) is 12.5. The highest BCUT2D eigenvalue weighted by molar-refractivity contribution is 7.92. The predicted molar refractivity (Wildman–Crippen MR) is 87.9 cm³/mol. The number of halogens is 1. The van der Waals surface area contributed by atoms with Crippen LogP contribution in [0.25, 0.3) is 0 Å². The summed E-state index contributed by atoms with van der Waals surface area (Å²) in [5.41, 5.74) is 0.892. The second-order valence-corrected chi connectivity index (χ2v) is 8.82. The summed E-state index contributed by atoms with van der Waals surface area (Å²) >= 11 is 5.85. The van der Waals surface area contributed by atoms with E-state index in [-0.39, 0.29) is 14.8 Å². The van der Waals surface area contributed by atoms with Crippen molar-refractivity contribution in [3.63, 3.8) is 0 Å². The molecule has 0 unspecified atom stereocenters. The molecular formula is C14H15ClN2O4S2. The average Bonchev–Trinajstić information content (AvgIpc) is 2.47. The van der Waals surface area contributed by atoms with Crippen LogP contribution in [-0.4, -0.2) is 28.3 Å². The van der Waals surface area contributed by atoms with E-state index in [2.05, 4.69) is 0 Å². The van der Waals surface area contributed by atoms with Crippen LogP contribution in [0, 0.1) is 6.92 Å². The monoisotopic (exact) mass is 374 g/mol. The summed E-state index contributed by atoms with van der Waals surface area (Å²) in [5.74, 6) is 0. The van der Waals surface area contributed by atoms with Gasteiger partial charge in [0.2, 0.25) is 0 Å². The van der Waals surface area contributed by atoms with E-state index in [1.165, 1.54) is 30.3 Å². The van der Waals surface area contributed by atoms with Crippen molar-refractivity contribution in [2.45, 2.75) is 16.7 Å². The van der Waals surface area contributed by atoms with Gasteiger partial charge in [-0.2, -0.15) is 0 Å². The Morgan fingerprint density at radius 1 is 0.957 bits per heavy atom. The van der Waals surface area contributed by atoms with Crippen molar-refractivity contribution in [1.82, 2.24) is 9.25 Å². The average molecular weight is 375 g/mol. The molecule has 23 heavy (non-hydrogen) atoms. The molecule has 1 N–H and O–H groups in total. The molecule has 0 aromatic heterocycles. The van der Waals surface area contributed by atoms with Crippen LogP contribution in [0.5, 0.6) is 0 Å². The Balaban J connectivity index is 2.32. The van der Waals surface area contributed by atoms with Gasteiger partial charge in [-0.05, 0) is 31.2 Å². The lowest BCUT2D eigenvalue weighted by atomic mass is 10.2. The van der Waals surface area contributed by atoms with Crippen LogP contribution < -0.4 is 4.83 Å². The van der Waals surface area contributed by atoms with Crippen LogP contribution in [-0.2, 0) is 20.0 Å². The van der Waals surface area contributed by atoms with Gasteiger partial charge in [0.1, 0.15) is 4.90 Å². The van der Waals surface area contributed by atoms with Gasteiger partial charge < -0.3 is 0 Å². The van der Waals surface area contributed by atoms with E-state index < -0.39 is 20.0 Å². The van der Waals surface area contributed by atoms with Crippen molar-refractivity contribution < 1.29 is 16.8 Å². The quantitative estimate of drug-likeness (QED) is 0.813. The fourth-order valence-electron chi connectivity index (χ4n) is 1.80. The number of hydrogen-bond acceptors (Lipinski definition) is 4. The first-order valence-electron chi connectivity index (χ1n) is 6.47. The Morgan fingerprint density at radius 3 is 2.09 bits per heavy atom.